The van der Waals surface area contributed by atoms with Gasteiger partial charge in [-0.3, -0.25) is 0 Å². The number of hydrogen-bond donors (Lipinski definition) is 0. The SMILES string of the molecule is CCCCCCCCOCCOCCOCCOCCOCCOCCOCCOCCOCCOCCCCC. The molecule has 10 nitrogen and oxygen atoms in total. The smallest absolute Gasteiger partial charge is 0.0701 e. The maximum atomic E-state index is 5.58. The van der Waals surface area contributed by atoms with Crippen LogP contribution in [0.15, 0.2) is 0 Å². The van der Waals surface area contributed by atoms with E-state index < -0.39 is 0 Å². The molecule has 0 spiro atoms. The molecule has 248 valence electrons. The van der Waals surface area contributed by atoms with Crippen LogP contribution < -0.4 is 0 Å². The Morgan fingerprint density at radius 3 is 0.634 bits per heavy atom. The van der Waals surface area contributed by atoms with Crippen molar-refractivity contribution in [2.45, 2.75) is 71.6 Å². The Kier molecular flexibility index (Phi) is 39.2. The lowest BCUT2D eigenvalue weighted by Crippen LogP contribution is -2.15. The van der Waals surface area contributed by atoms with Crippen LogP contribution in [-0.2, 0) is 47.4 Å². The van der Waals surface area contributed by atoms with Crippen LogP contribution in [0.3, 0.4) is 0 Å². The number of unbranched alkanes of at least 4 members (excludes halogenated alkanes) is 7. The summed E-state index contributed by atoms with van der Waals surface area (Å²) in [5.74, 6) is 0. The van der Waals surface area contributed by atoms with E-state index in [2.05, 4.69) is 13.8 Å². The molecule has 0 rings (SSSR count). The average Bonchev–Trinajstić information content (AvgIpc) is 2.98. The van der Waals surface area contributed by atoms with E-state index >= 15 is 0 Å². The normalized spacial score (nSPS) is 11.6. The van der Waals surface area contributed by atoms with Gasteiger partial charge in [-0.25, -0.2) is 0 Å². The fourth-order valence-corrected chi connectivity index (χ4v) is 3.52. The van der Waals surface area contributed by atoms with Crippen LogP contribution in [-0.4, -0.2) is 132 Å². The Labute approximate surface area is 251 Å². The summed E-state index contributed by atoms with van der Waals surface area (Å²) in [6, 6.07) is 0. The summed E-state index contributed by atoms with van der Waals surface area (Å²) in [5, 5.41) is 0. The van der Waals surface area contributed by atoms with Crippen molar-refractivity contribution in [3.05, 3.63) is 0 Å². The minimum absolute atomic E-state index is 0.534. The third kappa shape index (κ3) is 39.6. The van der Waals surface area contributed by atoms with Gasteiger partial charge in [0.15, 0.2) is 0 Å². The Bertz CT molecular complexity index is 407. The van der Waals surface area contributed by atoms with Crippen LogP contribution in [0.1, 0.15) is 71.6 Å². The number of rotatable bonds is 38. The first-order valence-corrected chi connectivity index (χ1v) is 16.2. The third-order valence-electron chi connectivity index (χ3n) is 5.88. The van der Waals surface area contributed by atoms with Crippen molar-refractivity contribution in [3.63, 3.8) is 0 Å². The molecule has 0 saturated carbocycles. The van der Waals surface area contributed by atoms with Gasteiger partial charge < -0.3 is 47.4 Å². The third-order valence-corrected chi connectivity index (χ3v) is 5.88. The van der Waals surface area contributed by atoms with E-state index in [0.717, 1.165) is 26.1 Å². The van der Waals surface area contributed by atoms with Gasteiger partial charge in [0.25, 0.3) is 0 Å². The second kappa shape index (κ2) is 39.6. The van der Waals surface area contributed by atoms with Crippen LogP contribution >= 0.6 is 0 Å². The second-order valence-electron chi connectivity index (χ2n) is 9.60. The molecule has 0 aliphatic rings. The molecule has 0 aromatic rings. The maximum absolute atomic E-state index is 5.58. The molecule has 10 heteroatoms. The highest BCUT2D eigenvalue weighted by molar-refractivity contribution is 4.44. The van der Waals surface area contributed by atoms with Crippen molar-refractivity contribution < 1.29 is 47.4 Å². The molecule has 0 unspecified atom stereocenters. The molecular weight excluding hydrogens is 532 g/mol. The first kappa shape index (κ1) is 40.6. The van der Waals surface area contributed by atoms with Gasteiger partial charge in [0.1, 0.15) is 0 Å². The standard InChI is InChI=1S/C31H64O10/c1-3-5-7-8-9-11-13-33-15-17-35-19-21-37-23-25-39-27-29-41-31-30-40-28-26-38-24-22-36-20-18-34-16-14-32-12-10-6-4-2/h3-31H2,1-2H3. The molecule has 0 aromatic carbocycles. The average molecular weight is 597 g/mol. The molecular formula is C31H64O10. The van der Waals surface area contributed by atoms with Gasteiger partial charge in [-0.1, -0.05) is 58.8 Å². The zero-order chi connectivity index (χ0) is 29.6. The predicted molar refractivity (Wildman–Crippen MR) is 161 cm³/mol. The molecule has 0 fully saturated rings. The molecule has 0 heterocycles. The molecule has 0 aliphatic carbocycles. The van der Waals surface area contributed by atoms with Crippen LogP contribution in [0.4, 0.5) is 0 Å². The molecule has 0 bridgehead atoms. The first-order valence-electron chi connectivity index (χ1n) is 16.2. The Hall–Kier alpha value is -0.400. The summed E-state index contributed by atoms with van der Waals surface area (Å²) in [4.78, 5) is 0. The van der Waals surface area contributed by atoms with Gasteiger partial charge >= 0.3 is 0 Å². The van der Waals surface area contributed by atoms with Crippen molar-refractivity contribution in [1.82, 2.24) is 0 Å². The van der Waals surface area contributed by atoms with E-state index in [1.165, 1.54) is 44.9 Å². The van der Waals surface area contributed by atoms with Gasteiger partial charge in [-0.2, -0.15) is 0 Å². The summed E-state index contributed by atoms with van der Waals surface area (Å²) in [6.45, 7) is 16.3. The van der Waals surface area contributed by atoms with Crippen LogP contribution in [0.25, 0.3) is 0 Å². The van der Waals surface area contributed by atoms with Gasteiger partial charge in [0.2, 0.25) is 0 Å². The van der Waals surface area contributed by atoms with Crippen molar-refractivity contribution in [2.75, 3.05) is 132 Å². The summed E-state index contributed by atoms with van der Waals surface area (Å²) in [7, 11) is 0. The fourth-order valence-electron chi connectivity index (χ4n) is 3.52. The summed E-state index contributed by atoms with van der Waals surface area (Å²) < 4.78 is 54.9. The summed E-state index contributed by atoms with van der Waals surface area (Å²) in [6.07, 6.45) is 11.3. The zero-order valence-corrected chi connectivity index (χ0v) is 26.6. The second-order valence-corrected chi connectivity index (χ2v) is 9.60. The quantitative estimate of drug-likeness (QED) is 0.0934. The van der Waals surface area contributed by atoms with Crippen LogP contribution in [0, 0.1) is 0 Å². The highest BCUT2D eigenvalue weighted by Crippen LogP contribution is 2.04. The Balaban J connectivity index is 3.02. The lowest BCUT2D eigenvalue weighted by molar-refractivity contribution is -0.0264. The molecule has 0 N–H and O–H groups in total. The van der Waals surface area contributed by atoms with Crippen LogP contribution in [0.2, 0.25) is 0 Å². The Morgan fingerprint density at radius 1 is 0.195 bits per heavy atom. The van der Waals surface area contributed by atoms with Crippen LogP contribution in [0.5, 0.6) is 0 Å². The lowest BCUT2D eigenvalue weighted by atomic mass is 10.1. The first-order chi connectivity index (χ1) is 20.4. The minimum atomic E-state index is 0.534. The topological polar surface area (TPSA) is 92.3 Å². The molecule has 0 atom stereocenters. The molecule has 41 heavy (non-hydrogen) atoms. The van der Waals surface area contributed by atoms with E-state index in [0.29, 0.717) is 119 Å². The lowest BCUT2D eigenvalue weighted by Gasteiger charge is -2.09. The predicted octanol–water partition coefficient (Wildman–Crippen LogP) is 4.70. The van der Waals surface area contributed by atoms with Gasteiger partial charge in [-0.15, -0.1) is 0 Å². The zero-order valence-electron chi connectivity index (χ0n) is 26.6. The van der Waals surface area contributed by atoms with Crippen molar-refractivity contribution in [3.8, 4) is 0 Å². The maximum Gasteiger partial charge on any atom is 0.0701 e. The van der Waals surface area contributed by atoms with E-state index in [9.17, 15) is 0 Å². The van der Waals surface area contributed by atoms with E-state index in [4.69, 9.17) is 47.4 Å². The summed E-state index contributed by atoms with van der Waals surface area (Å²) in [5.41, 5.74) is 0. The minimum Gasteiger partial charge on any atom is -0.379 e. The number of ether oxygens (including phenoxy) is 10. The largest absolute Gasteiger partial charge is 0.379 e. The fraction of sp³-hybridized carbons (Fsp3) is 1.00. The number of hydrogen-bond acceptors (Lipinski definition) is 10. The highest BCUT2D eigenvalue weighted by atomic mass is 16.6. The summed E-state index contributed by atoms with van der Waals surface area (Å²) >= 11 is 0. The molecule has 0 amide bonds. The van der Waals surface area contributed by atoms with Crippen molar-refractivity contribution in [1.29, 1.82) is 0 Å². The van der Waals surface area contributed by atoms with E-state index in [1.54, 1.807) is 0 Å². The molecule has 0 aliphatic heterocycles. The van der Waals surface area contributed by atoms with Crippen molar-refractivity contribution >= 4 is 0 Å². The van der Waals surface area contributed by atoms with E-state index in [1.807, 2.05) is 0 Å². The van der Waals surface area contributed by atoms with Gasteiger partial charge in [0.05, 0.1) is 119 Å². The van der Waals surface area contributed by atoms with Crippen molar-refractivity contribution in [2.24, 2.45) is 0 Å². The molecule has 0 radical (unpaired) electrons. The molecule has 0 aromatic heterocycles. The van der Waals surface area contributed by atoms with Gasteiger partial charge in [-0.05, 0) is 12.8 Å². The Morgan fingerprint density at radius 2 is 0.366 bits per heavy atom. The molecule has 0 saturated heterocycles. The monoisotopic (exact) mass is 596 g/mol. The highest BCUT2D eigenvalue weighted by Gasteiger charge is 1.96. The van der Waals surface area contributed by atoms with E-state index in [-0.39, 0.29) is 0 Å². The van der Waals surface area contributed by atoms with Gasteiger partial charge in [0, 0.05) is 13.2 Å².